The van der Waals surface area contributed by atoms with E-state index in [4.69, 9.17) is 9.47 Å². The fraction of sp³-hybridized carbons (Fsp3) is 0.263. The van der Waals surface area contributed by atoms with Crippen LogP contribution in [0.5, 0.6) is 5.75 Å². The molecule has 1 N–H and O–H groups in total. The van der Waals surface area contributed by atoms with Gasteiger partial charge in [-0.2, -0.15) is 0 Å². The van der Waals surface area contributed by atoms with Crippen molar-refractivity contribution < 1.29 is 19.1 Å². The van der Waals surface area contributed by atoms with Gasteiger partial charge < -0.3 is 14.8 Å². The Kier molecular flexibility index (Phi) is 5.38. The molecule has 3 rings (SSSR count). The van der Waals surface area contributed by atoms with Gasteiger partial charge in [-0.1, -0.05) is 6.07 Å². The molecule has 0 saturated carbocycles. The number of amides is 1. The molecule has 130 valence electrons. The topological polar surface area (TPSA) is 64.6 Å². The first-order chi connectivity index (χ1) is 12.1. The predicted molar refractivity (Wildman–Crippen MR) is 98.1 cm³/mol. The van der Waals surface area contributed by atoms with E-state index >= 15 is 0 Å². The molecule has 0 aromatic heterocycles. The zero-order chi connectivity index (χ0) is 17.8. The van der Waals surface area contributed by atoms with E-state index in [1.54, 1.807) is 18.2 Å². The number of nitrogens with one attached hydrogen (secondary N) is 1. The molecule has 0 heterocycles. The van der Waals surface area contributed by atoms with Crippen LogP contribution in [0, 0.1) is 0 Å². The van der Waals surface area contributed by atoms with Crippen LogP contribution >= 0.6 is 15.9 Å². The van der Waals surface area contributed by atoms with Gasteiger partial charge in [0.15, 0.2) is 6.61 Å². The van der Waals surface area contributed by atoms with Gasteiger partial charge in [0, 0.05) is 10.2 Å². The van der Waals surface area contributed by atoms with Crippen LogP contribution in [0.2, 0.25) is 0 Å². The number of rotatable bonds is 5. The summed E-state index contributed by atoms with van der Waals surface area (Å²) < 4.78 is 10.8. The Hall–Kier alpha value is -2.34. The van der Waals surface area contributed by atoms with Gasteiger partial charge in [-0.15, -0.1) is 0 Å². The van der Waals surface area contributed by atoms with Crippen LogP contribution in [0.25, 0.3) is 0 Å². The normalized spacial score (nSPS) is 12.4. The molecule has 0 saturated heterocycles. The quantitative estimate of drug-likeness (QED) is 0.772. The molecule has 2 aromatic carbocycles. The lowest BCUT2D eigenvalue weighted by molar-refractivity contribution is -0.119. The van der Waals surface area contributed by atoms with Crippen molar-refractivity contribution in [2.75, 3.05) is 19.0 Å². The maximum atomic E-state index is 12.2. The van der Waals surface area contributed by atoms with Gasteiger partial charge in [-0.05, 0) is 76.7 Å². The average molecular weight is 404 g/mol. The molecule has 0 atom stereocenters. The number of methoxy groups -OCH3 is 1. The predicted octanol–water partition coefficient (Wildman–Crippen LogP) is 3.74. The van der Waals surface area contributed by atoms with Crippen LogP contribution in [0.1, 0.15) is 27.9 Å². The fourth-order valence-corrected chi connectivity index (χ4v) is 3.25. The van der Waals surface area contributed by atoms with Crippen molar-refractivity contribution in [1.29, 1.82) is 0 Å². The smallest absolute Gasteiger partial charge is 0.339 e. The van der Waals surface area contributed by atoms with Crippen LogP contribution in [-0.4, -0.2) is 25.6 Å². The number of carbonyl (C=O) groups is 2. The molecule has 0 aliphatic heterocycles. The second-order valence-electron chi connectivity index (χ2n) is 5.81. The number of ether oxygens (including phenoxy) is 2. The summed E-state index contributed by atoms with van der Waals surface area (Å²) in [5.41, 5.74) is 3.65. The second kappa shape index (κ2) is 7.70. The summed E-state index contributed by atoms with van der Waals surface area (Å²) in [5.74, 6) is -0.419. The van der Waals surface area contributed by atoms with Crippen molar-refractivity contribution in [3.05, 3.63) is 57.6 Å². The standard InChI is InChI=1S/C19H18BrNO4/c1-24-15-7-8-17(20)16(10-15)19(23)25-11-18(22)21-14-6-5-12-3-2-4-13(12)9-14/h5-10H,2-4,11H2,1H3,(H,21,22). The average Bonchev–Trinajstić information content (AvgIpc) is 3.08. The van der Waals surface area contributed by atoms with Gasteiger partial charge in [-0.3, -0.25) is 4.79 Å². The first kappa shape index (κ1) is 17.5. The summed E-state index contributed by atoms with van der Waals surface area (Å²) in [7, 11) is 1.52. The zero-order valence-corrected chi connectivity index (χ0v) is 15.4. The number of hydrogen-bond acceptors (Lipinski definition) is 4. The van der Waals surface area contributed by atoms with Crippen molar-refractivity contribution in [1.82, 2.24) is 0 Å². The first-order valence-electron chi connectivity index (χ1n) is 7.99. The summed E-state index contributed by atoms with van der Waals surface area (Å²) >= 11 is 3.29. The maximum absolute atomic E-state index is 12.2. The minimum atomic E-state index is -0.588. The summed E-state index contributed by atoms with van der Waals surface area (Å²) in [6, 6.07) is 10.9. The number of anilines is 1. The number of hydrogen-bond donors (Lipinski definition) is 1. The van der Waals surface area contributed by atoms with Crippen molar-refractivity contribution in [2.45, 2.75) is 19.3 Å². The van der Waals surface area contributed by atoms with Gasteiger partial charge in [0.25, 0.3) is 5.91 Å². The lowest BCUT2D eigenvalue weighted by atomic mass is 10.1. The summed E-state index contributed by atoms with van der Waals surface area (Å²) in [6.07, 6.45) is 3.29. The molecular formula is C19H18BrNO4. The third-order valence-electron chi connectivity index (χ3n) is 4.11. The van der Waals surface area contributed by atoms with Crippen molar-refractivity contribution in [3.8, 4) is 5.75 Å². The molecule has 0 bridgehead atoms. The van der Waals surface area contributed by atoms with Crippen LogP contribution in [0.15, 0.2) is 40.9 Å². The Bertz CT molecular complexity index is 819. The molecule has 0 fully saturated rings. The van der Waals surface area contributed by atoms with E-state index in [0.717, 1.165) is 24.9 Å². The largest absolute Gasteiger partial charge is 0.497 e. The summed E-state index contributed by atoms with van der Waals surface area (Å²) in [5, 5.41) is 2.76. The van der Waals surface area contributed by atoms with Crippen molar-refractivity contribution in [2.24, 2.45) is 0 Å². The van der Waals surface area contributed by atoms with Crippen LogP contribution in [0.4, 0.5) is 5.69 Å². The molecule has 0 radical (unpaired) electrons. The molecule has 2 aromatic rings. The minimum absolute atomic E-state index is 0.310. The van der Waals surface area contributed by atoms with Gasteiger partial charge in [0.05, 0.1) is 12.7 Å². The van der Waals surface area contributed by atoms with Crippen LogP contribution in [0.3, 0.4) is 0 Å². The van der Waals surface area contributed by atoms with Crippen molar-refractivity contribution >= 4 is 33.5 Å². The van der Waals surface area contributed by atoms with E-state index < -0.39 is 5.97 Å². The Balaban J connectivity index is 1.58. The van der Waals surface area contributed by atoms with E-state index in [-0.39, 0.29) is 12.5 Å². The summed E-state index contributed by atoms with van der Waals surface area (Å²) in [6.45, 7) is -0.348. The molecule has 0 unspecified atom stereocenters. The van der Waals surface area contributed by atoms with E-state index in [1.807, 2.05) is 18.2 Å². The van der Waals surface area contributed by atoms with Crippen LogP contribution in [-0.2, 0) is 22.4 Å². The van der Waals surface area contributed by atoms with Gasteiger partial charge >= 0.3 is 5.97 Å². The SMILES string of the molecule is COc1ccc(Br)c(C(=O)OCC(=O)Nc2ccc3c(c2)CCC3)c1. The van der Waals surface area contributed by atoms with E-state index in [9.17, 15) is 9.59 Å². The monoisotopic (exact) mass is 403 g/mol. The molecule has 1 aliphatic carbocycles. The highest BCUT2D eigenvalue weighted by Crippen LogP contribution is 2.25. The van der Waals surface area contributed by atoms with Gasteiger partial charge in [-0.25, -0.2) is 4.79 Å². The van der Waals surface area contributed by atoms with Crippen LogP contribution < -0.4 is 10.1 Å². The summed E-state index contributed by atoms with van der Waals surface area (Å²) in [4.78, 5) is 24.2. The molecule has 0 spiro atoms. The number of benzene rings is 2. The molecular weight excluding hydrogens is 386 g/mol. The van der Waals surface area contributed by atoms with E-state index in [0.29, 0.717) is 15.8 Å². The third kappa shape index (κ3) is 4.20. The maximum Gasteiger partial charge on any atom is 0.339 e. The Morgan fingerprint density at radius 3 is 2.72 bits per heavy atom. The van der Waals surface area contributed by atoms with Gasteiger partial charge in [0.2, 0.25) is 0 Å². The highest BCUT2D eigenvalue weighted by atomic mass is 79.9. The van der Waals surface area contributed by atoms with Gasteiger partial charge in [0.1, 0.15) is 5.75 Å². The number of aryl methyl sites for hydroxylation is 2. The van der Waals surface area contributed by atoms with E-state index in [1.165, 1.54) is 18.2 Å². The zero-order valence-electron chi connectivity index (χ0n) is 13.8. The number of carbonyl (C=O) groups excluding carboxylic acids is 2. The first-order valence-corrected chi connectivity index (χ1v) is 8.78. The number of fused-ring (bicyclic) bond motifs is 1. The number of halogens is 1. The molecule has 1 amide bonds. The minimum Gasteiger partial charge on any atom is -0.497 e. The van der Waals surface area contributed by atoms with Crippen molar-refractivity contribution in [3.63, 3.8) is 0 Å². The highest BCUT2D eigenvalue weighted by molar-refractivity contribution is 9.10. The third-order valence-corrected chi connectivity index (χ3v) is 4.80. The fourth-order valence-electron chi connectivity index (χ4n) is 2.84. The Morgan fingerprint density at radius 2 is 1.92 bits per heavy atom. The molecule has 25 heavy (non-hydrogen) atoms. The Morgan fingerprint density at radius 1 is 1.12 bits per heavy atom. The lowest BCUT2D eigenvalue weighted by Gasteiger charge is -2.09. The highest BCUT2D eigenvalue weighted by Gasteiger charge is 2.16. The molecule has 6 heteroatoms. The van der Waals surface area contributed by atoms with E-state index in [2.05, 4.69) is 21.2 Å². The molecule has 1 aliphatic rings. The second-order valence-corrected chi connectivity index (χ2v) is 6.66. The lowest BCUT2D eigenvalue weighted by Crippen LogP contribution is -2.21. The molecule has 5 nitrogen and oxygen atoms in total. The Labute approximate surface area is 154 Å². The number of esters is 1.